The van der Waals surface area contributed by atoms with Crippen molar-refractivity contribution in [1.82, 2.24) is 25.0 Å². The second-order valence-electron chi connectivity index (χ2n) is 7.59. The fourth-order valence-corrected chi connectivity index (χ4v) is 4.37. The Balaban J connectivity index is 1.48. The molecule has 2 aromatic carbocycles. The Labute approximate surface area is 168 Å². The molecule has 29 heavy (non-hydrogen) atoms. The van der Waals surface area contributed by atoms with Gasteiger partial charge in [-0.05, 0) is 30.5 Å². The summed E-state index contributed by atoms with van der Waals surface area (Å²) in [5.74, 6) is 0.964. The molecule has 2 aromatic heterocycles. The lowest BCUT2D eigenvalue weighted by atomic mass is 10.1. The van der Waals surface area contributed by atoms with Crippen LogP contribution in [0.15, 0.2) is 48.7 Å². The highest BCUT2D eigenvalue weighted by Gasteiger charge is 2.15. The van der Waals surface area contributed by atoms with Gasteiger partial charge in [0.1, 0.15) is 12.9 Å². The van der Waals surface area contributed by atoms with Gasteiger partial charge in [-0.1, -0.05) is 41.6 Å². The van der Waals surface area contributed by atoms with Crippen molar-refractivity contribution in [1.29, 1.82) is 0 Å². The van der Waals surface area contributed by atoms with Crippen molar-refractivity contribution in [2.24, 2.45) is 0 Å². The van der Waals surface area contributed by atoms with Crippen molar-refractivity contribution < 1.29 is 9.30 Å². The van der Waals surface area contributed by atoms with Crippen molar-refractivity contribution in [2.45, 2.75) is 13.0 Å². The van der Waals surface area contributed by atoms with Crippen LogP contribution in [0.3, 0.4) is 0 Å². The van der Waals surface area contributed by atoms with Gasteiger partial charge in [0.05, 0.1) is 25.0 Å². The molecule has 0 N–H and O–H groups in total. The summed E-state index contributed by atoms with van der Waals surface area (Å²) < 4.78 is 19.6. The predicted molar refractivity (Wildman–Crippen MR) is 112 cm³/mol. The molecule has 5 rings (SSSR count). The second-order valence-corrected chi connectivity index (χ2v) is 10.8. The van der Waals surface area contributed by atoms with E-state index in [1.807, 2.05) is 36.4 Å². The minimum atomic E-state index is -2.28. The largest absolute Gasteiger partial charge is 0.493 e. The first-order valence-electron chi connectivity index (χ1n) is 9.44. The maximum absolute atomic E-state index is 12.2. The molecular formula is C21H20N5O2P. The van der Waals surface area contributed by atoms with Gasteiger partial charge in [-0.25, -0.2) is 14.6 Å². The quantitative estimate of drug-likeness (QED) is 0.485. The maximum Gasteiger partial charge on any atom is 0.221 e. The van der Waals surface area contributed by atoms with Crippen LogP contribution in [0.4, 0.5) is 0 Å². The van der Waals surface area contributed by atoms with Crippen molar-refractivity contribution in [2.75, 3.05) is 19.9 Å². The Bertz CT molecular complexity index is 1260. The standard InChI is InChI=1S/C21H20N5O2P/c1-29(2,27)17-6-4-15(5-7-17)18-12-22-20-21(23-18)26(25-24-20)13-14-3-8-19-16(11-14)9-10-28-19/h3-8,11-12H,9-10,13H2,1-2H3. The number of aromatic nitrogens is 5. The topological polar surface area (TPSA) is 82.8 Å². The van der Waals surface area contributed by atoms with Gasteiger partial charge in [0.25, 0.3) is 0 Å². The summed E-state index contributed by atoms with van der Waals surface area (Å²) >= 11 is 0. The lowest BCUT2D eigenvalue weighted by Gasteiger charge is -2.08. The lowest BCUT2D eigenvalue weighted by Crippen LogP contribution is -2.04. The van der Waals surface area contributed by atoms with E-state index in [2.05, 4.69) is 21.4 Å². The van der Waals surface area contributed by atoms with Gasteiger partial charge >= 0.3 is 0 Å². The molecule has 0 atom stereocenters. The third-order valence-corrected chi connectivity index (χ3v) is 6.64. The molecule has 0 saturated carbocycles. The van der Waals surface area contributed by atoms with E-state index in [1.165, 1.54) is 5.56 Å². The van der Waals surface area contributed by atoms with Gasteiger partial charge in [0.15, 0.2) is 5.65 Å². The summed E-state index contributed by atoms with van der Waals surface area (Å²) in [5, 5.41) is 9.23. The number of hydrogen-bond donors (Lipinski definition) is 0. The van der Waals surface area contributed by atoms with Crippen LogP contribution in [0.5, 0.6) is 5.75 Å². The highest BCUT2D eigenvalue weighted by molar-refractivity contribution is 7.70. The van der Waals surface area contributed by atoms with Crippen LogP contribution in [0, 0.1) is 0 Å². The average Bonchev–Trinajstić information content (AvgIpc) is 3.34. The molecule has 0 amide bonds. The Morgan fingerprint density at radius 1 is 1.14 bits per heavy atom. The Morgan fingerprint density at radius 2 is 1.97 bits per heavy atom. The van der Waals surface area contributed by atoms with Gasteiger partial charge < -0.3 is 9.30 Å². The van der Waals surface area contributed by atoms with E-state index in [1.54, 1.807) is 24.2 Å². The first-order valence-corrected chi connectivity index (χ1v) is 12.0. The first kappa shape index (κ1) is 18.0. The summed E-state index contributed by atoms with van der Waals surface area (Å²) in [6, 6.07) is 13.9. The number of rotatable bonds is 4. The van der Waals surface area contributed by atoms with E-state index >= 15 is 0 Å². The van der Waals surface area contributed by atoms with Crippen LogP contribution >= 0.6 is 7.14 Å². The first-order chi connectivity index (χ1) is 14.0. The Kier molecular flexibility index (Phi) is 4.21. The molecule has 0 spiro atoms. The number of hydrogen-bond acceptors (Lipinski definition) is 6. The molecule has 1 aliphatic rings. The van der Waals surface area contributed by atoms with E-state index in [9.17, 15) is 4.57 Å². The zero-order chi connectivity index (χ0) is 20.0. The molecule has 0 fully saturated rings. The molecule has 0 radical (unpaired) electrons. The molecule has 1 aliphatic heterocycles. The molecule has 8 heteroatoms. The summed E-state index contributed by atoms with van der Waals surface area (Å²) in [5.41, 5.74) is 5.15. The third kappa shape index (κ3) is 3.42. The minimum absolute atomic E-state index is 0.515. The summed E-state index contributed by atoms with van der Waals surface area (Å²) in [4.78, 5) is 9.16. The number of nitrogens with zero attached hydrogens (tertiary/aromatic N) is 5. The zero-order valence-corrected chi connectivity index (χ0v) is 17.1. The van der Waals surface area contributed by atoms with Crippen LogP contribution in [0.25, 0.3) is 22.6 Å². The van der Waals surface area contributed by atoms with Crippen molar-refractivity contribution in [3.05, 3.63) is 59.8 Å². The van der Waals surface area contributed by atoms with Crippen LogP contribution in [-0.2, 0) is 17.5 Å². The van der Waals surface area contributed by atoms with E-state index in [-0.39, 0.29) is 0 Å². The fourth-order valence-electron chi connectivity index (χ4n) is 3.50. The monoisotopic (exact) mass is 405 g/mol. The van der Waals surface area contributed by atoms with Crippen LogP contribution in [-0.4, -0.2) is 44.9 Å². The molecule has 3 heterocycles. The highest BCUT2D eigenvalue weighted by Crippen LogP contribution is 2.35. The molecule has 0 saturated heterocycles. The lowest BCUT2D eigenvalue weighted by molar-refractivity contribution is 0.357. The van der Waals surface area contributed by atoms with E-state index in [4.69, 9.17) is 9.72 Å². The van der Waals surface area contributed by atoms with E-state index in [0.717, 1.165) is 40.9 Å². The summed E-state index contributed by atoms with van der Waals surface area (Å²) in [6.07, 6.45) is 2.63. The van der Waals surface area contributed by atoms with Crippen LogP contribution in [0.1, 0.15) is 11.1 Å². The molecule has 4 aromatic rings. The predicted octanol–water partition coefficient (Wildman–Crippen LogP) is 3.12. The normalized spacial score (nSPS) is 13.4. The fraction of sp³-hybridized carbons (Fsp3) is 0.238. The molecule has 146 valence electrons. The van der Waals surface area contributed by atoms with E-state index < -0.39 is 7.14 Å². The van der Waals surface area contributed by atoms with Crippen molar-refractivity contribution in [3.8, 4) is 17.0 Å². The maximum atomic E-state index is 12.2. The van der Waals surface area contributed by atoms with Gasteiger partial charge in [-0.2, -0.15) is 0 Å². The SMILES string of the molecule is CP(C)(=O)c1ccc(-c2cnc3nnn(Cc4ccc5c(c4)CCO5)c3n2)cc1. The molecular weight excluding hydrogens is 385 g/mol. The summed E-state index contributed by atoms with van der Waals surface area (Å²) in [6.45, 7) is 4.84. The van der Waals surface area contributed by atoms with Crippen LogP contribution in [0.2, 0.25) is 0 Å². The van der Waals surface area contributed by atoms with Crippen LogP contribution < -0.4 is 10.0 Å². The number of fused-ring (bicyclic) bond motifs is 2. The number of benzene rings is 2. The minimum Gasteiger partial charge on any atom is -0.493 e. The van der Waals surface area contributed by atoms with E-state index in [0.29, 0.717) is 17.8 Å². The Morgan fingerprint density at radius 3 is 2.76 bits per heavy atom. The summed E-state index contributed by atoms with van der Waals surface area (Å²) in [7, 11) is -2.28. The highest BCUT2D eigenvalue weighted by atomic mass is 31.2. The van der Waals surface area contributed by atoms with Gasteiger partial charge in [-0.15, -0.1) is 5.10 Å². The molecule has 0 unspecified atom stereocenters. The zero-order valence-electron chi connectivity index (χ0n) is 16.2. The second kappa shape index (κ2) is 6.78. The van der Waals surface area contributed by atoms with Gasteiger partial charge in [0.2, 0.25) is 5.65 Å². The molecule has 0 aliphatic carbocycles. The number of ether oxygens (including phenoxy) is 1. The average molecular weight is 405 g/mol. The van der Waals surface area contributed by atoms with Crippen molar-refractivity contribution in [3.63, 3.8) is 0 Å². The van der Waals surface area contributed by atoms with Crippen molar-refractivity contribution >= 4 is 23.7 Å². The van der Waals surface area contributed by atoms with Gasteiger partial charge in [-0.3, -0.25) is 0 Å². The third-order valence-electron chi connectivity index (χ3n) is 5.10. The Hall–Kier alpha value is -3.05. The molecule has 0 bridgehead atoms. The smallest absolute Gasteiger partial charge is 0.221 e. The van der Waals surface area contributed by atoms with Gasteiger partial charge in [0, 0.05) is 17.3 Å². The molecule has 7 nitrogen and oxygen atoms in total.